The standard InChI is InChI=1S/C52H32N2OS/c1-2-13-35-30-37(29-24-33(35)12-1)53(47-20-11-22-49-51(47)42-17-5-9-21-48(42)55-49)36-27-25-34(26-28-36)43-31-38(32-44-41-16-6-10-23-50(41)56-52(43)44)54-45-18-7-3-14-39(45)40-15-4-8-19-46(40)54/h1-32H. The number of benzene rings is 9. The van der Waals surface area contributed by atoms with Crippen molar-refractivity contribution in [3.05, 3.63) is 194 Å². The molecule has 0 bridgehead atoms. The third kappa shape index (κ3) is 4.70. The number of aromatic nitrogens is 1. The van der Waals surface area contributed by atoms with Gasteiger partial charge in [-0.15, -0.1) is 11.3 Å². The van der Waals surface area contributed by atoms with Crippen LogP contribution in [-0.2, 0) is 0 Å². The summed E-state index contributed by atoms with van der Waals surface area (Å²) >= 11 is 1.88. The zero-order valence-corrected chi connectivity index (χ0v) is 31.0. The summed E-state index contributed by atoms with van der Waals surface area (Å²) in [7, 11) is 0. The van der Waals surface area contributed by atoms with E-state index in [0.29, 0.717) is 0 Å². The smallest absolute Gasteiger partial charge is 0.137 e. The lowest BCUT2D eigenvalue weighted by Crippen LogP contribution is -2.10. The van der Waals surface area contributed by atoms with E-state index in [1.54, 1.807) is 0 Å². The number of anilines is 3. The van der Waals surface area contributed by atoms with Crippen molar-refractivity contribution >= 4 is 103 Å². The SMILES string of the molecule is c1ccc2cc(N(c3ccc(-c4cc(-n5c6ccccc6c6ccccc65)cc5c4sc4ccccc45)cc3)c3cccc4oc5ccccc5c34)ccc2c1. The van der Waals surface area contributed by atoms with Gasteiger partial charge in [-0.05, 0) is 89.1 Å². The molecule has 12 rings (SSSR count). The van der Waals surface area contributed by atoms with E-state index in [1.807, 2.05) is 17.4 Å². The topological polar surface area (TPSA) is 21.3 Å². The summed E-state index contributed by atoms with van der Waals surface area (Å²) in [5, 5.41) is 9.72. The number of furan rings is 1. The second-order valence-electron chi connectivity index (χ2n) is 14.5. The van der Waals surface area contributed by atoms with E-state index in [0.717, 1.165) is 44.7 Å². The molecule has 0 saturated carbocycles. The monoisotopic (exact) mass is 732 g/mol. The van der Waals surface area contributed by atoms with Crippen LogP contribution in [0.2, 0.25) is 0 Å². The van der Waals surface area contributed by atoms with Gasteiger partial charge in [0.25, 0.3) is 0 Å². The molecule has 3 heterocycles. The molecule has 0 spiro atoms. The minimum atomic E-state index is 0.875. The van der Waals surface area contributed by atoms with E-state index in [2.05, 4.69) is 198 Å². The van der Waals surface area contributed by atoms with Gasteiger partial charge < -0.3 is 13.9 Å². The van der Waals surface area contributed by atoms with Crippen molar-refractivity contribution in [1.82, 2.24) is 4.57 Å². The average Bonchev–Trinajstić information content (AvgIpc) is 3.94. The summed E-state index contributed by atoms with van der Waals surface area (Å²) in [5.41, 5.74) is 11.0. The molecule has 0 fully saturated rings. The summed E-state index contributed by atoms with van der Waals surface area (Å²) in [6.45, 7) is 0. The van der Waals surface area contributed by atoms with E-state index in [9.17, 15) is 0 Å². The van der Waals surface area contributed by atoms with E-state index >= 15 is 0 Å². The highest BCUT2D eigenvalue weighted by molar-refractivity contribution is 7.26. The second-order valence-corrected chi connectivity index (χ2v) is 15.6. The largest absolute Gasteiger partial charge is 0.456 e. The Morgan fingerprint density at radius 2 is 1.09 bits per heavy atom. The first kappa shape index (κ1) is 31.2. The van der Waals surface area contributed by atoms with Crippen molar-refractivity contribution in [2.24, 2.45) is 0 Å². The molecule has 0 unspecified atom stereocenters. The van der Waals surface area contributed by atoms with Gasteiger partial charge in [0.1, 0.15) is 11.2 Å². The number of hydrogen-bond acceptors (Lipinski definition) is 3. The van der Waals surface area contributed by atoms with Gasteiger partial charge in [-0.25, -0.2) is 0 Å². The molecule has 0 amide bonds. The van der Waals surface area contributed by atoms with E-state index in [4.69, 9.17) is 4.42 Å². The predicted molar refractivity (Wildman–Crippen MR) is 239 cm³/mol. The van der Waals surface area contributed by atoms with Crippen molar-refractivity contribution in [1.29, 1.82) is 0 Å². The number of para-hydroxylation sites is 3. The maximum atomic E-state index is 6.40. The molecule has 3 nitrogen and oxygen atoms in total. The Kier molecular flexibility index (Phi) is 6.80. The maximum absolute atomic E-state index is 6.40. The first-order chi connectivity index (χ1) is 27.8. The van der Waals surface area contributed by atoms with Crippen LogP contribution in [0.1, 0.15) is 0 Å². The summed E-state index contributed by atoms with van der Waals surface area (Å²) in [6, 6.07) is 70.3. The third-order valence-corrected chi connectivity index (χ3v) is 12.6. The van der Waals surface area contributed by atoms with Crippen LogP contribution in [0.4, 0.5) is 17.1 Å². The van der Waals surface area contributed by atoms with Crippen molar-refractivity contribution in [3.63, 3.8) is 0 Å². The summed E-state index contributed by atoms with van der Waals surface area (Å²) in [6.07, 6.45) is 0. The van der Waals surface area contributed by atoms with Gasteiger partial charge in [0.2, 0.25) is 0 Å². The first-order valence-electron chi connectivity index (χ1n) is 19.0. The van der Waals surface area contributed by atoms with Gasteiger partial charge in [-0.1, -0.05) is 121 Å². The van der Waals surface area contributed by atoms with E-state index in [-0.39, 0.29) is 0 Å². The molecule has 0 aliphatic heterocycles. The molecule has 262 valence electrons. The van der Waals surface area contributed by atoms with Gasteiger partial charge in [0, 0.05) is 59.0 Å². The van der Waals surface area contributed by atoms with Crippen LogP contribution in [0.25, 0.3) is 91.5 Å². The van der Waals surface area contributed by atoms with Crippen LogP contribution in [0.15, 0.2) is 199 Å². The van der Waals surface area contributed by atoms with Crippen LogP contribution in [-0.4, -0.2) is 4.57 Å². The second kappa shape index (κ2) is 12.2. The third-order valence-electron chi connectivity index (χ3n) is 11.4. The maximum Gasteiger partial charge on any atom is 0.137 e. The number of hydrogen-bond donors (Lipinski definition) is 0. The molecule has 0 aliphatic carbocycles. The molecule has 4 heteroatoms. The fourth-order valence-electron chi connectivity index (χ4n) is 8.83. The highest BCUT2D eigenvalue weighted by atomic mass is 32.1. The zero-order chi connectivity index (χ0) is 36.7. The van der Waals surface area contributed by atoms with Crippen molar-refractivity contribution in [2.75, 3.05) is 4.90 Å². The highest BCUT2D eigenvalue weighted by Gasteiger charge is 2.21. The lowest BCUT2D eigenvalue weighted by Gasteiger charge is -2.27. The Bertz CT molecular complexity index is 3440. The van der Waals surface area contributed by atoms with Gasteiger partial charge in [-0.2, -0.15) is 0 Å². The molecule has 0 saturated heterocycles. The molecule has 9 aromatic carbocycles. The van der Waals surface area contributed by atoms with Crippen molar-refractivity contribution in [3.8, 4) is 16.8 Å². The highest BCUT2D eigenvalue weighted by Crippen LogP contribution is 2.46. The van der Waals surface area contributed by atoms with Crippen LogP contribution in [0.3, 0.4) is 0 Å². The normalized spacial score (nSPS) is 11.9. The quantitative estimate of drug-likeness (QED) is 0.176. The molecule has 3 aromatic heterocycles. The number of nitrogens with zero attached hydrogens (tertiary/aromatic N) is 2. The Hall–Kier alpha value is -7.14. The molecular formula is C52H32N2OS. The fraction of sp³-hybridized carbons (Fsp3) is 0. The minimum Gasteiger partial charge on any atom is -0.456 e. The first-order valence-corrected chi connectivity index (χ1v) is 19.8. The van der Waals surface area contributed by atoms with Gasteiger partial charge in [0.15, 0.2) is 0 Å². The molecule has 0 radical (unpaired) electrons. The average molecular weight is 733 g/mol. The predicted octanol–water partition coefficient (Wildman–Crippen LogP) is 15.3. The Labute approximate surface area is 326 Å². The fourth-order valence-corrected chi connectivity index (χ4v) is 10.1. The zero-order valence-electron chi connectivity index (χ0n) is 30.2. The molecule has 12 aromatic rings. The number of rotatable bonds is 5. The summed E-state index contributed by atoms with van der Waals surface area (Å²) in [5.74, 6) is 0. The lowest BCUT2D eigenvalue weighted by atomic mass is 10.0. The summed E-state index contributed by atoms with van der Waals surface area (Å²) < 4.78 is 11.4. The molecule has 0 atom stereocenters. The van der Waals surface area contributed by atoms with E-state index in [1.165, 1.54) is 63.9 Å². The summed E-state index contributed by atoms with van der Waals surface area (Å²) in [4.78, 5) is 2.38. The lowest BCUT2D eigenvalue weighted by molar-refractivity contribution is 0.669. The van der Waals surface area contributed by atoms with Gasteiger partial charge >= 0.3 is 0 Å². The van der Waals surface area contributed by atoms with Crippen LogP contribution >= 0.6 is 11.3 Å². The molecule has 56 heavy (non-hydrogen) atoms. The van der Waals surface area contributed by atoms with Crippen LogP contribution < -0.4 is 4.90 Å². The Morgan fingerprint density at radius 1 is 0.446 bits per heavy atom. The van der Waals surface area contributed by atoms with Crippen LogP contribution in [0.5, 0.6) is 0 Å². The molecule has 0 aliphatic rings. The van der Waals surface area contributed by atoms with Crippen molar-refractivity contribution in [2.45, 2.75) is 0 Å². The van der Waals surface area contributed by atoms with Gasteiger partial charge in [0.05, 0.1) is 22.1 Å². The number of fused-ring (bicyclic) bond motifs is 10. The Balaban J connectivity index is 1.08. The Morgan fingerprint density at radius 3 is 1.89 bits per heavy atom. The van der Waals surface area contributed by atoms with Crippen molar-refractivity contribution < 1.29 is 4.42 Å². The number of thiophene rings is 1. The minimum absolute atomic E-state index is 0.875. The van der Waals surface area contributed by atoms with E-state index < -0.39 is 0 Å². The van der Waals surface area contributed by atoms with Crippen LogP contribution in [0, 0.1) is 0 Å². The van der Waals surface area contributed by atoms with Gasteiger partial charge in [-0.3, -0.25) is 0 Å². The molecular weight excluding hydrogens is 701 g/mol. The molecule has 0 N–H and O–H groups in total.